The molecule has 3 N–H and O–H groups in total. The van der Waals surface area contributed by atoms with Crippen molar-refractivity contribution in [2.45, 2.75) is 32.4 Å². The lowest BCUT2D eigenvalue weighted by Crippen LogP contribution is -2.42. The van der Waals surface area contributed by atoms with Crippen molar-refractivity contribution in [2.24, 2.45) is 10.7 Å². The number of anilines is 1. The largest absolute Gasteiger partial charge is 0.378 e. The predicted octanol–water partition coefficient (Wildman–Crippen LogP) is 2.26. The van der Waals surface area contributed by atoms with Crippen molar-refractivity contribution in [3.8, 4) is 0 Å². The van der Waals surface area contributed by atoms with E-state index in [1.54, 1.807) is 0 Å². The zero-order valence-electron chi connectivity index (χ0n) is 14.5. The molecule has 0 amide bonds. The van der Waals surface area contributed by atoms with Crippen molar-refractivity contribution < 1.29 is 0 Å². The number of guanidine groups is 1. The van der Waals surface area contributed by atoms with Crippen LogP contribution >= 0.6 is 24.0 Å². The predicted molar refractivity (Wildman–Crippen MR) is 110 cm³/mol. The maximum Gasteiger partial charge on any atom is 0.188 e. The Morgan fingerprint density at radius 2 is 2.04 bits per heavy atom. The van der Waals surface area contributed by atoms with Gasteiger partial charge in [0.1, 0.15) is 0 Å². The summed E-state index contributed by atoms with van der Waals surface area (Å²) in [7, 11) is 4.08. The number of nitrogens with zero attached hydrogens (tertiary/aromatic N) is 3. The molecule has 1 heterocycles. The van der Waals surface area contributed by atoms with E-state index < -0.39 is 0 Å². The molecule has 130 valence electrons. The topological polar surface area (TPSA) is 56.9 Å². The van der Waals surface area contributed by atoms with Gasteiger partial charge in [-0.2, -0.15) is 0 Å². The number of halogens is 1. The van der Waals surface area contributed by atoms with Gasteiger partial charge in [-0.1, -0.05) is 19.1 Å². The van der Waals surface area contributed by atoms with Crippen LogP contribution < -0.4 is 16.0 Å². The van der Waals surface area contributed by atoms with Gasteiger partial charge in [-0.15, -0.1) is 24.0 Å². The van der Waals surface area contributed by atoms with Gasteiger partial charge in [0.05, 0.1) is 6.54 Å². The van der Waals surface area contributed by atoms with Gasteiger partial charge in [0.25, 0.3) is 0 Å². The van der Waals surface area contributed by atoms with Crippen molar-refractivity contribution in [2.75, 3.05) is 38.6 Å². The number of likely N-dealkylation sites (tertiary alicyclic amines) is 1. The SMILES string of the molecule is CCN1CCCC1CNC(N)=NCc1ccc(N(C)C)cc1.I. The third-order valence-corrected chi connectivity index (χ3v) is 4.31. The summed E-state index contributed by atoms with van der Waals surface area (Å²) in [4.78, 5) is 9.02. The normalized spacial score (nSPS) is 18.6. The Bertz CT molecular complexity index is 486. The Kier molecular flexibility index (Phi) is 8.68. The van der Waals surface area contributed by atoms with E-state index in [0.717, 1.165) is 13.1 Å². The van der Waals surface area contributed by atoms with Crippen molar-refractivity contribution in [3.05, 3.63) is 29.8 Å². The number of benzene rings is 1. The molecular weight excluding hydrogens is 401 g/mol. The van der Waals surface area contributed by atoms with Gasteiger partial charge < -0.3 is 16.0 Å². The standard InChI is InChI=1S/C17H29N5.HI/c1-4-22-11-5-6-16(22)13-20-17(18)19-12-14-7-9-15(10-8-14)21(2)3;/h7-10,16H,4-6,11-13H2,1-3H3,(H3,18,19,20);1H. The van der Waals surface area contributed by atoms with E-state index in [4.69, 9.17) is 5.73 Å². The molecule has 5 nitrogen and oxygen atoms in total. The molecule has 1 aromatic carbocycles. The van der Waals surface area contributed by atoms with Crippen LogP contribution in [-0.2, 0) is 6.54 Å². The van der Waals surface area contributed by atoms with Crippen LogP contribution in [0.3, 0.4) is 0 Å². The van der Waals surface area contributed by atoms with E-state index in [1.165, 1.54) is 30.6 Å². The first-order chi connectivity index (χ1) is 10.6. The zero-order valence-corrected chi connectivity index (χ0v) is 16.8. The van der Waals surface area contributed by atoms with Gasteiger partial charge in [0.2, 0.25) is 0 Å². The van der Waals surface area contributed by atoms with Gasteiger partial charge in [-0.3, -0.25) is 4.90 Å². The van der Waals surface area contributed by atoms with Crippen LogP contribution in [0.4, 0.5) is 5.69 Å². The van der Waals surface area contributed by atoms with Crippen molar-refractivity contribution >= 4 is 35.6 Å². The molecule has 0 bridgehead atoms. The fraction of sp³-hybridized carbons (Fsp3) is 0.588. The van der Waals surface area contributed by atoms with E-state index in [-0.39, 0.29) is 24.0 Å². The van der Waals surface area contributed by atoms with Crippen LogP contribution in [0.1, 0.15) is 25.3 Å². The average molecular weight is 431 g/mol. The molecule has 0 saturated carbocycles. The number of likely N-dealkylation sites (N-methyl/N-ethyl adjacent to an activating group) is 1. The number of hydrogen-bond donors (Lipinski definition) is 2. The van der Waals surface area contributed by atoms with Gasteiger partial charge in [0.15, 0.2) is 5.96 Å². The van der Waals surface area contributed by atoms with Gasteiger partial charge >= 0.3 is 0 Å². The Hall–Kier alpha value is -1.02. The first kappa shape index (κ1) is 20.0. The second kappa shape index (κ2) is 9.97. The van der Waals surface area contributed by atoms with E-state index in [0.29, 0.717) is 18.5 Å². The molecule has 6 heteroatoms. The summed E-state index contributed by atoms with van der Waals surface area (Å²) >= 11 is 0. The smallest absolute Gasteiger partial charge is 0.188 e. The minimum Gasteiger partial charge on any atom is -0.378 e. The Balaban J connectivity index is 0.00000264. The highest BCUT2D eigenvalue weighted by molar-refractivity contribution is 14.0. The Morgan fingerprint density at radius 3 is 2.65 bits per heavy atom. The monoisotopic (exact) mass is 431 g/mol. The number of aliphatic imine (C=N–C) groups is 1. The molecule has 0 aromatic heterocycles. The van der Waals surface area contributed by atoms with E-state index in [1.807, 2.05) is 14.1 Å². The van der Waals surface area contributed by atoms with Gasteiger partial charge in [-0.05, 0) is 43.6 Å². The molecule has 0 spiro atoms. The van der Waals surface area contributed by atoms with Crippen molar-refractivity contribution in [3.63, 3.8) is 0 Å². The molecule has 2 rings (SSSR count). The second-order valence-electron chi connectivity index (χ2n) is 6.07. The second-order valence-corrected chi connectivity index (χ2v) is 6.07. The molecule has 1 aromatic rings. The molecule has 1 atom stereocenters. The highest BCUT2D eigenvalue weighted by Crippen LogP contribution is 2.15. The number of nitrogens with two attached hydrogens (primary N) is 1. The van der Waals surface area contributed by atoms with Gasteiger partial charge in [-0.25, -0.2) is 4.99 Å². The van der Waals surface area contributed by atoms with Crippen LogP contribution in [0.2, 0.25) is 0 Å². The number of nitrogens with one attached hydrogen (secondary N) is 1. The first-order valence-electron chi connectivity index (χ1n) is 8.14. The van der Waals surface area contributed by atoms with Crippen LogP contribution in [0.15, 0.2) is 29.3 Å². The van der Waals surface area contributed by atoms with Crippen LogP contribution in [-0.4, -0.2) is 50.6 Å². The van der Waals surface area contributed by atoms with E-state index in [2.05, 4.69) is 51.3 Å². The number of hydrogen-bond acceptors (Lipinski definition) is 3. The lowest BCUT2D eigenvalue weighted by molar-refractivity contribution is 0.267. The summed E-state index contributed by atoms with van der Waals surface area (Å²) in [6.07, 6.45) is 2.54. The zero-order chi connectivity index (χ0) is 15.9. The molecular formula is C17H30IN5. The van der Waals surface area contributed by atoms with E-state index >= 15 is 0 Å². The fourth-order valence-electron chi connectivity index (χ4n) is 2.90. The lowest BCUT2D eigenvalue weighted by Gasteiger charge is -2.23. The summed E-state index contributed by atoms with van der Waals surface area (Å²) in [6.45, 7) is 6.05. The average Bonchev–Trinajstić information content (AvgIpc) is 2.98. The highest BCUT2D eigenvalue weighted by atomic mass is 127. The minimum atomic E-state index is 0. The van der Waals surface area contributed by atoms with Crippen LogP contribution in [0.25, 0.3) is 0 Å². The fourth-order valence-corrected chi connectivity index (χ4v) is 2.90. The highest BCUT2D eigenvalue weighted by Gasteiger charge is 2.22. The summed E-state index contributed by atoms with van der Waals surface area (Å²) in [6, 6.07) is 9.00. The molecule has 1 saturated heterocycles. The van der Waals surface area contributed by atoms with Crippen molar-refractivity contribution in [1.82, 2.24) is 10.2 Å². The molecule has 1 unspecified atom stereocenters. The number of rotatable bonds is 6. The first-order valence-corrected chi connectivity index (χ1v) is 8.14. The molecule has 1 aliphatic rings. The summed E-state index contributed by atoms with van der Waals surface area (Å²) in [5.41, 5.74) is 8.34. The Morgan fingerprint density at radius 1 is 1.35 bits per heavy atom. The summed E-state index contributed by atoms with van der Waals surface area (Å²) in [5.74, 6) is 0.541. The van der Waals surface area contributed by atoms with Crippen LogP contribution in [0.5, 0.6) is 0 Å². The third kappa shape index (κ3) is 6.18. The van der Waals surface area contributed by atoms with E-state index in [9.17, 15) is 0 Å². The third-order valence-electron chi connectivity index (χ3n) is 4.31. The molecule has 0 aliphatic carbocycles. The molecule has 23 heavy (non-hydrogen) atoms. The quantitative estimate of drug-likeness (QED) is 0.412. The molecule has 1 fully saturated rings. The molecule has 1 aliphatic heterocycles. The maximum absolute atomic E-state index is 5.98. The lowest BCUT2D eigenvalue weighted by atomic mass is 10.2. The molecule has 0 radical (unpaired) electrons. The Labute approximate surface area is 157 Å². The van der Waals surface area contributed by atoms with Gasteiger partial charge in [0, 0.05) is 32.4 Å². The maximum atomic E-state index is 5.98. The van der Waals surface area contributed by atoms with Crippen molar-refractivity contribution in [1.29, 1.82) is 0 Å². The minimum absolute atomic E-state index is 0. The van der Waals surface area contributed by atoms with Crippen LogP contribution in [0, 0.1) is 0 Å². The summed E-state index contributed by atoms with van der Waals surface area (Å²) < 4.78 is 0. The summed E-state index contributed by atoms with van der Waals surface area (Å²) in [5, 5.41) is 3.27.